The lowest BCUT2D eigenvalue weighted by atomic mass is 9.87. The fourth-order valence-corrected chi connectivity index (χ4v) is 5.63. The van der Waals surface area contributed by atoms with Crippen LogP contribution in [0.2, 0.25) is 0 Å². The van der Waals surface area contributed by atoms with E-state index >= 15 is 0 Å². The lowest BCUT2D eigenvalue weighted by molar-refractivity contribution is -0.133. The number of nitrogens with zero attached hydrogens (tertiary/aromatic N) is 2. The first kappa shape index (κ1) is 30.6. The molecule has 2 saturated heterocycles. The molecule has 11 heteroatoms. The highest BCUT2D eigenvalue weighted by molar-refractivity contribution is 7.90. The van der Waals surface area contributed by atoms with Crippen LogP contribution in [-0.2, 0) is 26.0 Å². The molecule has 1 spiro atoms. The molecule has 4 amide bonds. The zero-order valence-electron chi connectivity index (χ0n) is 22.6. The van der Waals surface area contributed by atoms with Crippen LogP contribution in [0.5, 0.6) is 0 Å². The molecule has 0 aromatic heterocycles. The molecule has 0 radical (unpaired) electrons. The van der Waals surface area contributed by atoms with Gasteiger partial charge in [0.1, 0.15) is 5.54 Å². The molecule has 1 atom stereocenters. The van der Waals surface area contributed by atoms with Crippen LogP contribution in [0.3, 0.4) is 0 Å². The predicted octanol–water partition coefficient (Wildman–Crippen LogP) is 3.30. The van der Waals surface area contributed by atoms with Gasteiger partial charge >= 0.3 is 6.03 Å². The number of hydrogen-bond donors (Lipinski definition) is 2. The first-order chi connectivity index (χ1) is 18.0. The first-order valence-electron chi connectivity index (χ1n) is 13.0. The van der Waals surface area contributed by atoms with Crippen molar-refractivity contribution in [2.24, 2.45) is 5.92 Å². The van der Waals surface area contributed by atoms with Crippen LogP contribution >= 0.6 is 12.4 Å². The average molecular weight is 577 g/mol. The minimum Gasteiger partial charge on any atom is -0.349 e. The predicted molar refractivity (Wildman–Crippen MR) is 151 cm³/mol. The summed E-state index contributed by atoms with van der Waals surface area (Å²) in [4.78, 5) is 42.2. The molecule has 2 aliphatic heterocycles. The van der Waals surface area contributed by atoms with Gasteiger partial charge in [0.2, 0.25) is 5.91 Å². The summed E-state index contributed by atoms with van der Waals surface area (Å²) in [5.74, 6) is -0.323. The van der Waals surface area contributed by atoms with Crippen molar-refractivity contribution in [3.8, 4) is 0 Å². The number of likely N-dealkylation sites (tertiary alicyclic amines) is 1. The van der Waals surface area contributed by atoms with Crippen LogP contribution in [0.4, 0.5) is 4.79 Å². The van der Waals surface area contributed by atoms with Gasteiger partial charge in [0.05, 0.1) is 17.5 Å². The van der Waals surface area contributed by atoms with E-state index in [1.165, 1.54) is 17.0 Å². The van der Waals surface area contributed by atoms with Gasteiger partial charge in [-0.15, -0.1) is 12.4 Å². The third kappa shape index (κ3) is 7.17. The fourth-order valence-electron chi connectivity index (χ4n) is 5.00. The Morgan fingerprint density at radius 2 is 1.64 bits per heavy atom. The Morgan fingerprint density at radius 1 is 1.03 bits per heavy atom. The second kappa shape index (κ2) is 12.5. The van der Waals surface area contributed by atoms with Gasteiger partial charge in [-0.25, -0.2) is 13.2 Å². The Morgan fingerprint density at radius 3 is 2.21 bits per heavy atom. The van der Waals surface area contributed by atoms with Crippen LogP contribution in [-0.4, -0.2) is 67.5 Å². The van der Waals surface area contributed by atoms with Gasteiger partial charge in [0.15, 0.2) is 9.84 Å². The Bertz CT molecular complexity index is 1280. The van der Waals surface area contributed by atoms with Crippen molar-refractivity contribution in [2.75, 3.05) is 25.9 Å². The van der Waals surface area contributed by atoms with Gasteiger partial charge < -0.3 is 15.5 Å². The quantitative estimate of drug-likeness (QED) is 0.443. The van der Waals surface area contributed by atoms with Gasteiger partial charge in [-0.3, -0.25) is 14.5 Å². The number of halogens is 1. The number of carbonyl (C=O) groups excluding carboxylic acids is 3. The summed E-state index contributed by atoms with van der Waals surface area (Å²) in [7, 11) is -3.32. The molecule has 0 saturated carbocycles. The summed E-state index contributed by atoms with van der Waals surface area (Å²) in [6, 6.07) is 15.7. The van der Waals surface area contributed by atoms with E-state index in [1.807, 2.05) is 44.2 Å². The minimum atomic E-state index is -3.32. The van der Waals surface area contributed by atoms with E-state index in [0.29, 0.717) is 31.5 Å². The number of urea groups is 1. The molecule has 2 heterocycles. The number of imide groups is 1. The maximum atomic E-state index is 13.3. The molecule has 0 unspecified atom stereocenters. The Hall–Kier alpha value is -2.95. The van der Waals surface area contributed by atoms with Crippen LogP contribution in [0.1, 0.15) is 50.3 Å². The van der Waals surface area contributed by atoms with Crippen molar-refractivity contribution < 1.29 is 22.8 Å². The van der Waals surface area contributed by atoms with Crippen molar-refractivity contribution in [1.82, 2.24) is 20.4 Å². The molecule has 212 valence electrons. The fraction of sp³-hybridized carbons (Fsp3) is 0.464. The van der Waals surface area contributed by atoms with Crippen LogP contribution in [0, 0.1) is 5.92 Å². The number of rotatable bonds is 9. The van der Waals surface area contributed by atoms with Crippen molar-refractivity contribution in [3.63, 3.8) is 0 Å². The Kier molecular flexibility index (Phi) is 9.79. The topological polar surface area (TPSA) is 116 Å². The standard InChI is InChI=1S/C28H36N4O5S.ClH/c1-20(2)25(33)29-24(22-7-5-4-6-8-22)13-16-31-17-14-28(15-18-31)26(34)32(27(35)30-28)19-21-9-11-23(12-10-21)38(3,36)37;/h4-12,20,24H,13-19H2,1-3H3,(H,29,33)(H,30,35);1H/t24-;/m0./s1. The minimum absolute atomic E-state index is 0. The SMILES string of the molecule is CC(C)C(=O)N[C@@H](CCN1CCC2(CC1)NC(=O)N(Cc1ccc(S(C)(=O)=O)cc1)C2=O)c1ccccc1.Cl. The second-order valence-electron chi connectivity index (χ2n) is 10.6. The first-order valence-corrected chi connectivity index (χ1v) is 14.9. The molecule has 39 heavy (non-hydrogen) atoms. The summed E-state index contributed by atoms with van der Waals surface area (Å²) >= 11 is 0. The summed E-state index contributed by atoms with van der Waals surface area (Å²) in [6.45, 7) is 5.91. The highest BCUT2D eigenvalue weighted by atomic mass is 35.5. The Balaban J connectivity index is 0.00000420. The molecule has 0 aliphatic carbocycles. The van der Waals surface area contributed by atoms with Crippen LogP contribution in [0.25, 0.3) is 0 Å². The molecule has 2 fully saturated rings. The third-order valence-electron chi connectivity index (χ3n) is 7.42. The number of nitrogens with one attached hydrogen (secondary N) is 2. The molecule has 0 bridgehead atoms. The van der Waals surface area contributed by atoms with Gasteiger partial charge in [-0.1, -0.05) is 56.3 Å². The number of hydrogen-bond acceptors (Lipinski definition) is 6. The molecular formula is C28H37ClN4O5S. The molecule has 2 aromatic rings. The molecule has 2 aliphatic rings. The van der Waals surface area contributed by atoms with E-state index in [9.17, 15) is 22.8 Å². The lowest BCUT2D eigenvalue weighted by Crippen LogP contribution is -2.55. The highest BCUT2D eigenvalue weighted by Gasteiger charge is 2.52. The normalized spacial score (nSPS) is 18.1. The number of piperidine rings is 1. The van der Waals surface area contributed by atoms with E-state index in [1.54, 1.807) is 12.1 Å². The van der Waals surface area contributed by atoms with E-state index < -0.39 is 21.4 Å². The molecular weight excluding hydrogens is 540 g/mol. The number of sulfone groups is 1. The van der Waals surface area contributed by atoms with E-state index in [-0.39, 0.29) is 47.6 Å². The summed E-state index contributed by atoms with van der Waals surface area (Å²) < 4.78 is 23.4. The summed E-state index contributed by atoms with van der Waals surface area (Å²) in [5, 5.41) is 6.09. The molecule has 4 rings (SSSR count). The van der Waals surface area contributed by atoms with Crippen molar-refractivity contribution in [1.29, 1.82) is 0 Å². The molecule has 2 N–H and O–H groups in total. The van der Waals surface area contributed by atoms with Gasteiger partial charge in [-0.2, -0.15) is 0 Å². The van der Waals surface area contributed by atoms with Crippen molar-refractivity contribution >= 4 is 40.1 Å². The maximum absolute atomic E-state index is 13.3. The highest BCUT2D eigenvalue weighted by Crippen LogP contribution is 2.31. The summed E-state index contributed by atoms with van der Waals surface area (Å²) in [6.07, 6.45) is 2.90. The van der Waals surface area contributed by atoms with Gasteiger partial charge in [-0.05, 0) is 42.5 Å². The van der Waals surface area contributed by atoms with E-state index in [0.717, 1.165) is 24.8 Å². The van der Waals surface area contributed by atoms with Crippen LogP contribution < -0.4 is 10.6 Å². The second-order valence-corrected chi connectivity index (χ2v) is 12.6. The maximum Gasteiger partial charge on any atom is 0.325 e. The number of amides is 4. The molecule has 9 nitrogen and oxygen atoms in total. The Labute approximate surface area is 236 Å². The smallest absolute Gasteiger partial charge is 0.325 e. The number of carbonyl (C=O) groups is 3. The van der Waals surface area contributed by atoms with Gasteiger partial charge in [0, 0.05) is 31.8 Å². The van der Waals surface area contributed by atoms with Gasteiger partial charge in [0.25, 0.3) is 5.91 Å². The lowest BCUT2D eigenvalue weighted by Gasteiger charge is -2.37. The number of benzene rings is 2. The van der Waals surface area contributed by atoms with E-state index in [2.05, 4.69) is 15.5 Å². The third-order valence-corrected chi connectivity index (χ3v) is 8.55. The van der Waals surface area contributed by atoms with Crippen molar-refractivity contribution in [3.05, 3.63) is 65.7 Å². The zero-order valence-corrected chi connectivity index (χ0v) is 24.2. The molecule has 2 aromatic carbocycles. The van der Waals surface area contributed by atoms with Crippen LogP contribution in [0.15, 0.2) is 59.5 Å². The van der Waals surface area contributed by atoms with E-state index in [4.69, 9.17) is 0 Å². The summed E-state index contributed by atoms with van der Waals surface area (Å²) in [5.41, 5.74) is 0.838. The monoisotopic (exact) mass is 576 g/mol. The largest absolute Gasteiger partial charge is 0.349 e. The van der Waals surface area contributed by atoms with Crippen molar-refractivity contribution in [2.45, 2.75) is 56.1 Å². The average Bonchev–Trinajstić information content (AvgIpc) is 3.11. The zero-order chi connectivity index (χ0) is 27.5.